The van der Waals surface area contributed by atoms with Crippen molar-refractivity contribution in [2.45, 2.75) is 130 Å². The molecule has 3 rings (SSSR count). The lowest BCUT2D eigenvalue weighted by Gasteiger charge is -2.13. The molecule has 0 saturated carbocycles. The highest BCUT2D eigenvalue weighted by Gasteiger charge is 2.21. The summed E-state index contributed by atoms with van der Waals surface area (Å²) < 4.78 is 75.2. The van der Waals surface area contributed by atoms with E-state index < -0.39 is 21.0 Å². The molecule has 1 aromatic heterocycles. The van der Waals surface area contributed by atoms with E-state index in [9.17, 15) is 7.77 Å². The van der Waals surface area contributed by atoms with Gasteiger partial charge in [0.15, 0.2) is 31.2 Å². The van der Waals surface area contributed by atoms with Gasteiger partial charge in [-0.1, -0.05) is 114 Å². The summed E-state index contributed by atoms with van der Waals surface area (Å²) in [5.41, 5.74) is 3.30. The first-order valence-electron chi connectivity index (χ1n) is 16.8. The first-order valence-corrected chi connectivity index (χ1v) is 19.4. The van der Waals surface area contributed by atoms with Gasteiger partial charge in [-0.05, 0) is 25.0 Å². The maximum Gasteiger partial charge on any atom is 0.255 e. The molecule has 1 atom stereocenters. The van der Waals surface area contributed by atoms with Gasteiger partial charge in [0.2, 0.25) is 0 Å². The van der Waals surface area contributed by atoms with Crippen LogP contribution in [-0.2, 0) is 34.1 Å². The second-order valence-corrected chi connectivity index (χ2v) is 13.4. The summed E-state index contributed by atoms with van der Waals surface area (Å²) in [4.78, 5) is 0. The third-order valence-electron chi connectivity index (χ3n) is 7.54. The lowest BCUT2D eigenvalue weighted by molar-refractivity contribution is -0.697. The van der Waals surface area contributed by atoms with Gasteiger partial charge in [0.05, 0.1) is 5.71 Å². The van der Waals surface area contributed by atoms with Gasteiger partial charge >= 0.3 is 0 Å². The van der Waals surface area contributed by atoms with E-state index in [1.54, 1.807) is 0 Å². The van der Waals surface area contributed by atoms with Gasteiger partial charge in [0.25, 0.3) is 21.0 Å². The van der Waals surface area contributed by atoms with Crippen molar-refractivity contribution in [3.05, 3.63) is 78.1 Å². The molecule has 1 aliphatic heterocycles. The van der Waals surface area contributed by atoms with Crippen molar-refractivity contribution in [3.63, 3.8) is 0 Å². The first kappa shape index (κ1) is 45.1. The Morgan fingerprint density at radius 2 is 1.15 bits per heavy atom. The second-order valence-electron chi connectivity index (χ2n) is 11.8. The third-order valence-corrected chi connectivity index (χ3v) is 7.54. The summed E-state index contributed by atoms with van der Waals surface area (Å²) in [6.45, 7) is 8.55. The lowest BCUT2D eigenvalue weighted by Crippen LogP contribution is -2.32. The SMILES string of the molecule is CC1C(=N)C=CC=[N+]1Cc1ccccc1.CCCCCCCCCCCCCCCC[n+]1ccc(C)cc1.O=S(=O)([O-])F.O=S(=O)([O-])F. The molecule has 9 nitrogen and oxygen atoms in total. The number of nitrogens with zero attached hydrogens (tertiary/aromatic N) is 2. The van der Waals surface area contributed by atoms with E-state index >= 15 is 0 Å². The monoisotopic (exact) mass is 715 g/mol. The lowest BCUT2D eigenvalue weighted by atomic mass is 10.0. The number of aromatic nitrogens is 1. The van der Waals surface area contributed by atoms with Gasteiger partial charge in [-0.3, -0.25) is 5.41 Å². The Balaban J connectivity index is 0.000000748. The Kier molecular flexibility index (Phi) is 25.4. The number of unbranched alkanes of at least 4 members (excludes halogenated alkanes) is 13. The molecule has 0 bridgehead atoms. The molecular formula is C35H55F2N3O6S2. The number of hydrogen-bond donors (Lipinski definition) is 1. The summed E-state index contributed by atoms with van der Waals surface area (Å²) in [6, 6.07) is 14.9. The smallest absolute Gasteiger partial charge is 0.255 e. The molecule has 0 amide bonds. The molecule has 1 aromatic carbocycles. The molecule has 0 saturated heterocycles. The molecule has 0 spiro atoms. The number of hydrogen-bond acceptors (Lipinski definition) is 7. The maximum absolute atomic E-state index is 10.1. The molecule has 1 N–H and O–H groups in total. The van der Waals surface area contributed by atoms with Crippen LogP contribution >= 0.6 is 0 Å². The van der Waals surface area contributed by atoms with Crippen LogP contribution in [0.2, 0.25) is 0 Å². The molecule has 13 heteroatoms. The molecule has 1 aliphatic rings. The molecule has 2 heterocycles. The summed E-state index contributed by atoms with van der Waals surface area (Å²) >= 11 is 0. The van der Waals surface area contributed by atoms with Crippen LogP contribution in [0.1, 0.15) is 115 Å². The third kappa shape index (κ3) is 31.7. The van der Waals surface area contributed by atoms with E-state index in [1.807, 2.05) is 30.4 Å². The Morgan fingerprint density at radius 3 is 1.58 bits per heavy atom. The fraction of sp³-hybridized carbons (Fsp3) is 0.571. The fourth-order valence-electron chi connectivity index (χ4n) is 4.86. The highest BCUT2D eigenvalue weighted by atomic mass is 32.3. The molecule has 2 aromatic rings. The summed E-state index contributed by atoms with van der Waals surface area (Å²) in [5.74, 6) is 0. The quantitative estimate of drug-likeness (QED) is 0.0765. The second kappa shape index (κ2) is 27.0. The van der Waals surface area contributed by atoms with Crippen molar-refractivity contribution in [2.75, 3.05) is 0 Å². The van der Waals surface area contributed by atoms with Crippen LogP contribution in [0.25, 0.3) is 0 Å². The van der Waals surface area contributed by atoms with Crippen molar-refractivity contribution < 1.29 is 42.9 Å². The fourth-order valence-corrected chi connectivity index (χ4v) is 4.86. The molecule has 0 aliphatic carbocycles. The maximum atomic E-state index is 10.1. The first-order chi connectivity index (χ1) is 22.6. The summed E-state index contributed by atoms with van der Waals surface area (Å²) in [7, 11) is -10.8. The molecular weight excluding hydrogens is 661 g/mol. The molecule has 48 heavy (non-hydrogen) atoms. The Hall–Kier alpha value is -2.87. The van der Waals surface area contributed by atoms with E-state index in [-0.39, 0.29) is 6.04 Å². The topological polar surface area (TPSA) is 145 Å². The highest BCUT2D eigenvalue weighted by Crippen LogP contribution is 2.13. The minimum absolute atomic E-state index is 0.176. The Bertz CT molecular complexity index is 1360. The number of allylic oxidation sites excluding steroid dienone is 1. The average molecular weight is 716 g/mol. The van der Waals surface area contributed by atoms with Crippen molar-refractivity contribution in [1.29, 1.82) is 5.41 Å². The number of nitrogens with one attached hydrogen (secondary N) is 1. The molecule has 0 radical (unpaired) electrons. The van der Waals surface area contributed by atoms with Crippen LogP contribution in [0.15, 0.2) is 67.0 Å². The minimum Gasteiger partial charge on any atom is -0.722 e. The minimum atomic E-state index is -5.42. The number of pyridine rings is 1. The summed E-state index contributed by atoms with van der Waals surface area (Å²) in [6.07, 6.45) is 30.3. The van der Waals surface area contributed by atoms with Crippen LogP contribution < -0.4 is 4.57 Å². The number of aryl methyl sites for hydroxylation is 2. The van der Waals surface area contributed by atoms with Crippen LogP contribution in [0.4, 0.5) is 7.77 Å². The van der Waals surface area contributed by atoms with Gasteiger partial charge in [-0.2, -0.15) is 0 Å². The zero-order chi connectivity index (χ0) is 36.3. The van der Waals surface area contributed by atoms with Gasteiger partial charge in [0.1, 0.15) is 6.54 Å². The van der Waals surface area contributed by atoms with Gasteiger partial charge in [-0.15, -0.1) is 7.77 Å². The van der Waals surface area contributed by atoms with Crippen molar-refractivity contribution >= 4 is 32.9 Å². The predicted molar refractivity (Wildman–Crippen MR) is 186 cm³/mol. The standard InChI is InChI=1S/C22H40N.C13H15N2.2FHO3S/c1-3-4-5-6-7-8-9-10-11-12-13-14-15-16-19-23-20-17-22(2)18-21-23;1-11-13(14)8-5-9-15(11)10-12-6-3-2-4-7-12;2*1-5(2,3)4/h17-18,20-21H,3-16,19H2,1-2H3;2-9,11,14H,10H2,1H3;2*(H,2,3,4)/q2*+1;;/p-2. The summed E-state index contributed by atoms with van der Waals surface area (Å²) in [5, 5.41) is 7.74. The molecule has 272 valence electrons. The van der Waals surface area contributed by atoms with Crippen LogP contribution in [0.5, 0.6) is 0 Å². The Morgan fingerprint density at radius 1 is 0.729 bits per heavy atom. The average Bonchev–Trinajstić information content (AvgIpc) is 3.00. The normalized spacial score (nSPS) is 14.0. The van der Waals surface area contributed by atoms with E-state index in [2.05, 4.69) is 72.8 Å². The van der Waals surface area contributed by atoms with Crippen molar-refractivity contribution in [3.8, 4) is 0 Å². The van der Waals surface area contributed by atoms with Crippen molar-refractivity contribution in [1.82, 2.24) is 0 Å². The zero-order valence-electron chi connectivity index (χ0n) is 28.7. The highest BCUT2D eigenvalue weighted by molar-refractivity contribution is 7.80. The van der Waals surface area contributed by atoms with E-state index in [4.69, 9.17) is 31.4 Å². The molecule has 1 unspecified atom stereocenters. The van der Waals surface area contributed by atoms with Crippen LogP contribution in [-0.4, -0.2) is 48.5 Å². The van der Waals surface area contributed by atoms with Gasteiger partial charge in [0, 0.05) is 37.1 Å². The zero-order valence-corrected chi connectivity index (χ0v) is 30.4. The Labute approximate surface area is 288 Å². The number of halogens is 2. The van der Waals surface area contributed by atoms with E-state index in [1.165, 1.54) is 108 Å². The van der Waals surface area contributed by atoms with Gasteiger partial charge in [-0.25, -0.2) is 26.0 Å². The van der Waals surface area contributed by atoms with Crippen LogP contribution in [0, 0.1) is 12.3 Å². The number of benzene rings is 1. The largest absolute Gasteiger partial charge is 0.722 e. The van der Waals surface area contributed by atoms with Crippen molar-refractivity contribution in [2.24, 2.45) is 0 Å². The van der Waals surface area contributed by atoms with E-state index in [0.717, 1.165) is 6.54 Å². The predicted octanol–water partition coefficient (Wildman–Crippen LogP) is 7.84. The number of rotatable bonds is 17. The van der Waals surface area contributed by atoms with Crippen LogP contribution in [0.3, 0.4) is 0 Å². The van der Waals surface area contributed by atoms with Gasteiger partial charge < -0.3 is 9.11 Å². The molecule has 0 fully saturated rings. The van der Waals surface area contributed by atoms with E-state index in [0.29, 0.717) is 5.71 Å².